The number of Topliss-reactive ketones (excluding diaryl/α,β-unsaturated/α-hetero) is 1. The lowest BCUT2D eigenvalue weighted by Crippen LogP contribution is -2.20. The Kier molecular flexibility index (Phi) is 4.42. The number of hydrogen-bond acceptors (Lipinski definition) is 4. The van der Waals surface area contributed by atoms with Gasteiger partial charge in [-0.15, -0.1) is 0 Å². The van der Waals surface area contributed by atoms with Crippen LogP contribution in [0, 0.1) is 17.8 Å². The summed E-state index contributed by atoms with van der Waals surface area (Å²) in [5, 5.41) is 3.46. The van der Waals surface area contributed by atoms with Gasteiger partial charge in [0.2, 0.25) is 5.91 Å². The van der Waals surface area contributed by atoms with Crippen molar-refractivity contribution in [3.8, 4) is 11.3 Å². The zero-order chi connectivity index (χ0) is 17.4. The van der Waals surface area contributed by atoms with Crippen molar-refractivity contribution in [2.75, 3.05) is 5.32 Å². The van der Waals surface area contributed by atoms with Crippen molar-refractivity contribution < 1.29 is 9.59 Å². The molecule has 1 amide bonds. The van der Waals surface area contributed by atoms with Crippen molar-refractivity contribution >= 4 is 28.2 Å². The van der Waals surface area contributed by atoms with E-state index in [1.165, 1.54) is 37.0 Å². The molecule has 2 fully saturated rings. The van der Waals surface area contributed by atoms with E-state index in [0.29, 0.717) is 28.0 Å². The average Bonchev–Trinajstić information content (AvgIpc) is 3.30. The fourth-order valence-electron chi connectivity index (χ4n) is 4.44. The number of hydrogen-bond donors (Lipinski definition) is 1. The van der Waals surface area contributed by atoms with Gasteiger partial charge in [0.05, 0.1) is 10.6 Å². The number of benzene rings is 1. The third-order valence-electron chi connectivity index (χ3n) is 5.57. The molecule has 25 heavy (non-hydrogen) atoms. The summed E-state index contributed by atoms with van der Waals surface area (Å²) in [6.07, 6.45) is 5.72. The van der Waals surface area contributed by atoms with Gasteiger partial charge in [-0.25, -0.2) is 4.98 Å². The summed E-state index contributed by atoms with van der Waals surface area (Å²) >= 11 is 1.27. The van der Waals surface area contributed by atoms with Crippen molar-refractivity contribution in [3.05, 3.63) is 35.2 Å². The van der Waals surface area contributed by atoms with Crippen molar-refractivity contribution in [2.24, 2.45) is 17.8 Å². The zero-order valence-electron chi connectivity index (χ0n) is 14.3. The van der Waals surface area contributed by atoms with E-state index in [-0.39, 0.29) is 11.7 Å². The lowest BCUT2D eigenvalue weighted by Gasteiger charge is -2.20. The van der Waals surface area contributed by atoms with E-state index in [9.17, 15) is 9.59 Å². The number of ketones is 1. The Hall–Kier alpha value is -2.01. The van der Waals surface area contributed by atoms with Crippen LogP contribution in [-0.2, 0) is 4.79 Å². The third kappa shape index (κ3) is 3.38. The molecule has 4 rings (SSSR count). The highest BCUT2D eigenvalue weighted by molar-refractivity contribution is 7.18. The molecule has 4 nitrogen and oxygen atoms in total. The standard InChI is InChI=1S/C20H22N2O2S/c1-12(23)19-18(14-5-3-2-4-6-14)22-20(25-19)21-17(24)11-16-10-13-7-8-15(16)9-13/h2-6,13,15-16H,7-11H2,1H3,(H,21,22,24)/t13-,15-,16-/m0/s1. The van der Waals surface area contributed by atoms with Gasteiger partial charge < -0.3 is 5.32 Å². The summed E-state index contributed by atoms with van der Waals surface area (Å²) in [7, 11) is 0. The molecule has 1 N–H and O–H groups in total. The number of nitrogens with zero attached hydrogens (tertiary/aromatic N) is 1. The molecule has 2 saturated carbocycles. The highest BCUT2D eigenvalue weighted by Crippen LogP contribution is 2.49. The molecule has 0 aliphatic heterocycles. The molecule has 0 saturated heterocycles. The van der Waals surface area contributed by atoms with Crippen molar-refractivity contribution in [1.29, 1.82) is 0 Å². The van der Waals surface area contributed by atoms with Crippen LogP contribution in [0.25, 0.3) is 11.3 Å². The summed E-state index contributed by atoms with van der Waals surface area (Å²) < 4.78 is 0. The lowest BCUT2D eigenvalue weighted by molar-refractivity contribution is -0.117. The molecular formula is C20H22N2O2S. The number of fused-ring (bicyclic) bond motifs is 2. The minimum Gasteiger partial charge on any atom is -0.302 e. The van der Waals surface area contributed by atoms with Crippen molar-refractivity contribution in [3.63, 3.8) is 0 Å². The zero-order valence-corrected chi connectivity index (χ0v) is 15.1. The van der Waals surface area contributed by atoms with Crippen LogP contribution in [0.2, 0.25) is 0 Å². The SMILES string of the molecule is CC(=O)c1sc(NC(=O)C[C@@H]2C[C@H]3CC[C@H]2C3)nc1-c1ccccc1. The first-order chi connectivity index (χ1) is 12.1. The molecule has 1 aromatic carbocycles. The fourth-order valence-corrected chi connectivity index (χ4v) is 5.34. The lowest BCUT2D eigenvalue weighted by atomic mass is 9.86. The number of anilines is 1. The van der Waals surface area contributed by atoms with Crippen LogP contribution in [0.15, 0.2) is 30.3 Å². The number of carbonyl (C=O) groups excluding carboxylic acids is 2. The number of carbonyl (C=O) groups is 2. The first kappa shape index (κ1) is 16.5. The fraction of sp³-hybridized carbons (Fsp3) is 0.450. The van der Waals surface area contributed by atoms with Gasteiger partial charge in [-0.3, -0.25) is 9.59 Å². The van der Waals surface area contributed by atoms with Crippen LogP contribution in [0.1, 0.15) is 48.7 Å². The Morgan fingerprint density at radius 1 is 1.20 bits per heavy atom. The number of aromatic nitrogens is 1. The summed E-state index contributed by atoms with van der Waals surface area (Å²) in [5.74, 6) is 2.11. The largest absolute Gasteiger partial charge is 0.302 e. The molecule has 2 aliphatic carbocycles. The van der Waals surface area contributed by atoms with E-state index >= 15 is 0 Å². The Morgan fingerprint density at radius 3 is 2.64 bits per heavy atom. The van der Waals surface area contributed by atoms with E-state index in [1.54, 1.807) is 6.92 Å². The maximum absolute atomic E-state index is 12.4. The minimum absolute atomic E-state index is 0.0232. The summed E-state index contributed by atoms with van der Waals surface area (Å²) in [5.41, 5.74) is 1.56. The van der Waals surface area contributed by atoms with Gasteiger partial charge in [-0.2, -0.15) is 0 Å². The second-order valence-corrected chi connectivity index (χ2v) is 8.31. The Balaban J connectivity index is 1.49. The van der Waals surface area contributed by atoms with E-state index in [0.717, 1.165) is 17.4 Å². The summed E-state index contributed by atoms with van der Waals surface area (Å²) in [4.78, 5) is 29.5. The van der Waals surface area contributed by atoms with Gasteiger partial charge >= 0.3 is 0 Å². The molecule has 0 unspecified atom stereocenters. The number of amides is 1. The molecule has 0 radical (unpaired) electrons. The quantitative estimate of drug-likeness (QED) is 0.786. The third-order valence-corrected chi connectivity index (χ3v) is 6.64. The van der Waals surface area contributed by atoms with Crippen LogP contribution >= 0.6 is 11.3 Å². The molecule has 3 atom stereocenters. The predicted octanol–water partition coefficient (Wildman–Crippen LogP) is 4.78. The van der Waals surface area contributed by atoms with Gasteiger partial charge in [0.25, 0.3) is 0 Å². The predicted molar refractivity (Wildman–Crippen MR) is 99.7 cm³/mol. The van der Waals surface area contributed by atoms with Crippen LogP contribution in [0.5, 0.6) is 0 Å². The van der Waals surface area contributed by atoms with E-state index in [4.69, 9.17) is 0 Å². The summed E-state index contributed by atoms with van der Waals surface area (Å²) in [6.45, 7) is 1.54. The maximum atomic E-state index is 12.4. The van der Waals surface area contributed by atoms with E-state index in [1.807, 2.05) is 30.3 Å². The molecule has 1 aromatic heterocycles. The molecular weight excluding hydrogens is 332 g/mol. The van der Waals surface area contributed by atoms with Crippen LogP contribution in [0.3, 0.4) is 0 Å². The van der Waals surface area contributed by atoms with Crippen LogP contribution in [0.4, 0.5) is 5.13 Å². The first-order valence-electron chi connectivity index (χ1n) is 8.97. The Morgan fingerprint density at radius 2 is 2.00 bits per heavy atom. The Labute approximate surface area is 151 Å². The first-order valence-corrected chi connectivity index (χ1v) is 9.79. The average molecular weight is 354 g/mol. The van der Waals surface area contributed by atoms with Gasteiger partial charge in [0, 0.05) is 18.9 Å². The van der Waals surface area contributed by atoms with Crippen LogP contribution in [-0.4, -0.2) is 16.7 Å². The number of thiazole rings is 1. The van der Waals surface area contributed by atoms with Crippen LogP contribution < -0.4 is 5.32 Å². The smallest absolute Gasteiger partial charge is 0.226 e. The van der Waals surface area contributed by atoms with Crippen molar-refractivity contribution in [1.82, 2.24) is 4.98 Å². The molecule has 1 heterocycles. The topological polar surface area (TPSA) is 59.1 Å². The normalized spacial score (nSPS) is 24.4. The monoisotopic (exact) mass is 354 g/mol. The van der Waals surface area contributed by atoms with Gasteiger partial charge in [-0.05, 0) is 37.0 Å². The highest BCUT2D eigenvalue weighted by atomic mass is 32.1. The molecule has 0 spiro atoms. The van der Waals surface area contributed by atoms with E-state index < -0.39 is 0 Å². The van der Waals surface area contributed by atoms with Gasteiger partial charge in [0.15, 0.2) is 10.9 Å². The maximum Gasteiger partial charge on any atom is 0.226 e. The highest BCUT2D eigenvalue weighted by Gasteiger charge is 2.40. The molecule has 2 bridgehead atoms. The van der Waals surface area contributed by atoms with Gasteiger partial charge in [-0.1, -0.05) is 48.1 Å². The molecule has 5 heteroatoms. The Bertz CT molecular complexity index is 799. The van der Waals surface area contributed by atoms with Crippen molar-refractivity contribution in [2.45, 2.75) is 39.0 Å². The van der Waals surface area contributed by atoms with Gasteiger partial charge in [0.1, 0.15) is 0 Å². The number of rotatable bonds is 5. The molecule has 2 aromatic rings. The molecule has 130 valence electrons. The second kappa shape index (κ2) is 6.71. The number of nitrogens with one attached hydrogen (secondary N) is 1. The molecule has 2 aliphatic rings. The second-order valence-electron chi connectivity index (χ2n) is 7.31. The minimum atomic E-state index is -0.0232. The van der Waals surface area contributed by atoms with E-state index in [2.05, 4.69) is 10.3 Å². The summed E-state index contributed by atoms with van der Waals surface area (Å²) in [6, 6.07) is 9.64.